The number of phenolic OH excluding ortho intramolecular Hbond substituents is 1. The zero-order valence-electron chi connectivity index (χ0n) is 9.66. The van der Waals surface area contributed by atoms with Crippen molar-refractivity contribution in [2.75, 3.05) is 0 Å². The number of aryl methyl sites for hydroxylation is 1. The number of hydrogen-bond acceptors (Lipinski definition) is 2. The van der Waals surface area contributed by atoms with Gasteiger partial charge >= 0.3 is 0 Å². The molecule has 0 aliphatic rings. The molecule has 1 aromatic rings. The molecule has 0 atom stereocenters. The van der Waals surface area contributed by atoms with E-state index in [1.54, 1.807) is 12.1 Å². The number of ether oxygens (including phenoxy) is 1. The highest BCUT2D eigenvalue weighted by Gasteiger charge is 1.99. The van der Waals surface area contributed by atoms with E-state index in [9.17, 15) is 5.11 Å². The fraction of sp³-hybridized carbons (Fsp3) is 0.500. The first-order valence-corrected chi connectivity index (χ1v) is 5.05. The highest BCUT2D eigenvalue weighted by Crippen LogP contribution is 2.21. The molecule has 0 radical (unpaired) electrons. The van der Waals surface area contributed by atoms with Gasteiger partial charge in [-0.15, -0.1) is 0 Å². The molecule has 0 bridgehead atoms. The monoisotopic (exact) mass is 196 g/mol. The summed E-state index contributed by atoms with van der Waals surface area (Å²) in [4.78, 5) is 0. The van der Waals surface area contributed by atoms with Crippen molar-refractivity contribution in [1.82, 2.24) is 0 Å². The summed E-state index contributed by atoms with van der Waals surface area (Å²) in [6, 6.07) is 5.22. The van der Waals surface area contributed by atoms with Crippen LogP contribution in [0.15, 0.2) is 18.2 Å². The molecule has 2 heteroatoms. The summed E-state index contributed by atoms with van der Waals surface area (Å²) in [5, 5.41) is 9.23. The molecule has 1 N–H and O–H groups in total. The first kappa shape index (κ1) is 12.8. The van der Waals surface area contributed by atoms with E-state index in [4.69, 9.17) is 4.74 Å². The maximum Gasteiger partial charge on any atom is 0.123 e. The van der Waals surface area contributed by atoms with Crippen molar-refractivity contribution in [3.63, 3.8) is 0 Å². The largest absolute Gasteiger partial charge is 0.508 e. The van der Waals surface area contributed by atoms with E-state index in [0.29, 0.717) is 0 Å². The predicted molar refractivity (Wildman–Crippen MR) is 60.0 cm³/mol. The number of hydrogen-bond donors (Lipinski definition) is 1. The number of benzene rings is 1. The Bertz CT molecular complexity index is 247. The average Bonchev–Trinajstić information content (AvgIpc) is 2.04. The quantitative estimate of drug-likeness (QED) is 0.784. The fourth-order valence-corrected chi connectivity index (χ4v) is 1.07. The van der Waals surface area contributed by atoms with Gasteiger partial charge in [-0.05, 0) is 38.5 Å². The summed E-state index contributed by atoms with van der Waals surface area (Å²) in [6.45, 7) is 9.84. The molecule has 0 amide bonds. The zero-order valence-corrected chi connectivity index (χ0v) is 9.66. The van der Waals surface area contributed by atoms with Gasteiger partial charge in [0.15, 0.2) is 0 Å². The lowest BCUT2D eigenvalue weighted by atomic mass is 10.2. The zero-order chi connectivity index (χ0) is 11.1. The molecule has 1 rings (SSSR count). The van der Waals surface area contributed by atoms with Gasteiger partial charge in [-0.2, -0.15) is 0 Å². The van der Waals surface area contributed by atoms with Crippen LogP contribution in [-0.2, 0) is 0 Å². The van der Waals surface area contributed by atoms with Crippen molar-refractivity contribution >= 4 is 0 Å². The number of rotatable bonds is 2. The number of phenols is 1. The van der Waals surface area contributed by atoms with Gasteiger partial charge in [0.2, 0.25) is 0 Å². The van der Waals surface area contributed by atoms with E-state index in [0.717, 1.165) is 11.3 Å². The van der Waals surface area contributed by atoms with Crippen LogP contribution in [0.25, 0.3) is 0 Å². The topological polar surface area (TPSA) is 29.5 Å². The van der Waals surface area contributed by atoms with E-state index in [-0.39, 0.29) is 11.9 Å². The Hall–Kier alpha value is -1.18. The Morgan fingerprint density at radius 3 is 2.14 bits per heavy atom. The maximum atomic E-state index is 9.23. The van der Waals surface area contributed by atoms with E-state index in [2.05, 4.69) is 0 Å². The van der Waals surface area contributed by atoms with Crippen LogP contribution in [0.2, 0.25) is 0 Å². The lowest BCUT2D eigenvalue weighted by Crippen LogP contribution is -2.05. The van der Waals surface area contributed by atoms with Crippen LogP contribution < -0.4 is 4.74 Å². The SMILES string of the molecule is CC.Cc1cc(O)cc(OC(C)C)c1. The summed E-state index contributed by atoms with van der Waals surface area (Å²) in [7, 11) is 0. The third-order valence-corrected chi connectivity index (χ3v) is 1.41. The molecule has 0 heterocycles. The molecule has 0 saturated heterocycles. The summed E-state index contributed by atoms with van der Waals surface area (Å²) in [6.07, 6.45) is 0.145. The van der Waals surface area contributed by atoms with Gasteiger partial charge in [0.1, 0.15) is 11.5 Å². The molecule has 0 aromatic heterocycles. The van der Waals surface area contributed by atoms with Gasteiger partial charge in [-0.3, -0.25) is 0 Å². The predicted octanol–water partition coefficient (Wildman–Crippen LogP) is 3.51. The second kappa shape index (κ2) is 6.30. The van der Waals surface area contributed by atoms with Crippen LogP contribution in [0.1, 0.15) is 33.3 Å². The lowest BCUT2D eigenvalue weighted by molar-refractivity contribution is 0.241. The Morgan fingerprint density at radius 2 is 1.71 bits per heavy atom. The van der Waals surface area contributed by atoms with Crippen molar-refractivity contribution in [1.29, 1.82) is 0 Å². The molecule has 0 aliphatic heterocycles. The van der Waals surface area contributed by atoms with E-state index >= 15 is 0 Å². The van der Waals surface area contributed by atoms with E-state index in [1.165, 1.54) is 0 Å². The summed E-state index contributed by atoms with van der Waals surface area (Å²) >= 11 is 0. The maximum absolute atomic E-state index is 9.23. The first-order valence-electron chi connectivity index (χ1n) is 5.05. The molecular formula is C12H20O2. The third-order valence-electron chi connectivity index (χ3n) is 1.41. The van der Waals surface area contributed by atoms with Crippen LogP contribution in [0, 0.1) is 6.92 Å². The molecular weight excluding hydrogens is 176 g/mol. The molecule has 0 unspecified atom stereocenters. The van der Waals surface area contributed by atoms with Crippen molar-refractivity contribution in [2.45, 2.75) is 40.7 Å². The molecule has 0 aliphatic carbocycles. The fourth-order valence-electron chi connectivity index (χ4n) is 1.07. The first-order chi connectivity index (χ1) is 6.58. The molecule has 80 valence electrons. The summed E-state index contributed by atoms with van der Waals surface area (Å²) < 4.78 is 5.42. The van der Waals surface area contributed by atoms with Gasteiger partial charge in [-0.1, -0.05) is 13.8 Å². The molecule has 0 fully saturated rings. The highest BCUT2D eigenvalue weighted by molar-refractivity contribution is 5.36. The highest BCUT2D eigenvalue weighted by atomic mass is 16.5. The van der Waals surface area contributed by atoms with Gasteiger partial charge in [0, 0.05) is 6.07 Å². The Morgan fingerprint density at radius 1 is 1.14 bits per heavy atom. The van der Waals surface area contributed by atoms with Crippen molar-refractivity contribution in [3.8, 4) is 11.5 Å². The third kappa shape index (κ3) is 4.75. The molecule has 0 spiro atoms. The summed E-state index contributed by atoms with van der Waals surface area (Å²) in [5.74, 6) is 0.980. The van der Waals surface area contributed by atoms with Crippen molar-refractivity contribution < 1.29 is 9.84 Å². The minimum Gasteiger partial charge on any atom is -0.508 e. The van der Waals surface area contributed by atoms with Gasteiger partial charge in [0.25, 0.3) is 0 Å². The molecule has 14 heavy (non-hydrogen) atoms. The normalized spacial score (nSPS) is 9.29. The average molecular weight is 196 g/mol. The van der Waals surface area contributed by atoms with Gasteiger partial charge < -0.3 is 9.84 Å². The van der Waals surface area contributed by atoms with Gasteiger partial charge in [0.05, 0.1) is 6.10 Å². The molecule has 2 nitrogen and oxygen atoms in total. The van der Waals surface area contributed by atoms with Gasteiger partial charge in [-0.25, -0.2) is 0 Å². The van der Waals surface area contributed by atoms with Crippen LogP contribution >= 0.6 is 0 Å². The Kier molecular flexibility index (Phi) is 5.77. The van der Waals surface area contributed by atoms with Crippen molar-refractivity contribution in [3.05, 3.63) is 23.8 Å². The van der Waals surface area contributed by atoms with Crippen LogP contribution in [-0.4, -0.2) is 11.2 Å². The lowest BCUT2D eigenvalue weighted by Gasteiger charge is -2.10. The number of aromatic hydroxyl groups is 1. The smallest absolute Gasteiger partial charge is 0.123 e. The standard InChI is InChI=1S/C10H14O2.C2H6/c1-7(2)12-10-5-8(3)4-9(11)6-10;1-2/h4-7,11H,1-3H3;1-2H3. The molecule has 1 aromatic carbocycles. The Labute approximate surface area is 86.5 Å². The second-order valence-corrected chi connectivity index (χ2v) is 3.17. The Balaban J connectivity index is 0.000000791. The van der Waals surface area contributed by atoms with E-state index in [1.807, 2.05) is 40.7 Å². The van der Waals surface area contributed by atoms with Crippen LogP contribution in [0.3, 0.4) is 0 Å². The minimum atomic E-state index is 0.145. The minimum absolute atomic E-state index is 0.145. The second-order valence-electron chi connectivity index (χ2n) is 3.17. The molecule has 0 saturated carbocycles. The van der Waals surface area contributed by atoms with Crippen LogP contribution in [0.4, 0.5) is 0 Å². The summed E-state index contributed by atoms with van der Waals surface area (Å²) in [5.41, 5.74) is 1.01. The van der Waals surface area contributed by atoms with Crippen molar-refractivity contribution in [2.24, 2.45) is 0 Å². The van der Waals surface area contributed by atoms with E-state index < -0.39 is 0 Å². The van der Waals surface area contributed by atoms with Crippen LogP contribution in [0.5, 0.6) is 11.5 Å².